The van der Waals surface area contributed by atoms with Gasteiger partial charge in [-0.25, -0.2) is 9.97 Å². The van der Waals surface area contributed by atoms with Gasteiger partial charge in [-0.15, -0.1) is 10.2 Å². The van der Waals surface area contributed by atoms with E-state index in [9.17, 15) is 4.79 Å². The Morgan fingerprint density at radius 2 is 1.86 bits per heavy atom. The summed E-state index contributed by atoms with van der Waals surface area (Å²) in [5.74, 6) is 1.34. The summed E-state index contributed by atoms with van der Waals surface area (Å²) in [6.07, 6.45) is 3.70. The highest BCUT2D eigenvalue weighted by atomic mass is 16.4. The van der Waals surface area contributed by atoms with Gasteiger partial charge in [0.25, 0.3) is 5.91 Å². The Bertz CT molecular complexity index is 610. The van der Waals surface area contributed by atoms with Gasteiger partial charge < -0.3 is 14.6 Å². The normalized spacial score (nSPS) is 10.5. The van der Waals surface area contributed by atoms with Crippen LogP contribution in [0.15, 0.2) is 16.8 Å². The maximum atomic E-state index is 12.5. The van der Waals surface area contributed by atoms with Crippen molar-refractivity contribution < 1.29 is 9.21 Å². The van der Waals surface area contributed by atoms with Crippen molar-refractivity contribution in [3.63, 3.8) is 0 Å². The Balaban J connectivity index is 2.07. The van der Waals surface area contributed by atoms with Crippen molar-refractivity contribution in [1.82, 2.24) is 25.1 Å². The number of nitrogens with one attached hydrogen (secondary N) is 1. The van der Waals surface area contributed by atoms with Crippen LogP contribution in [0, 0.1) is 0 Å². The van der Waals surface area contributed by atoms with Crippen molar-refractivity contribution in [3.8, 4) is 0 Å². The summed E-state index contributed by atoms with van der Waals surface area (Å²) in [6, 6.07) is 0. The zero-order chi connectivity index (χ0) is 15.9. The van der Waals surface area contributed by atoms with Gasteiger partial charge in [0, 0.05) is 31.9 Å². The van der Waals surface area contributed by atoms with Crippen molar-refractivity contribution in [3.05, 3.63) is 29.7 Å². The Morgan fingerprint density at radius 1 is 1.18 bits per heavy atom. The maximum Gasteiger partial charge on any atom is 0.257 e. The fraction of sp³-hybridized carbons (Fsp3) is 0.500. The molecule has 0 unspecified atom stereocenters. The molecule has 0 bridgehead atoms. The van der Waals surface area contributed by atoms with Crippen molar-refractivity contribution in [2.75, 3.05) is 18.4 Å². The van der Waals surface area contributed by atoms with Crippen molar-refractivity contribution >= 4 is 11.9 Å². The molecule has 22 heavy (non-hydrogen) atoms. The Hall–Kier alpha value is -2.51. The second-order valence-corrected chi connectivity index (χ2v) is 4.59. The first-order valence-corrected chi connectivity index (χ1v) is 7.34. The minimum atomic E-state index is -0.165. The van der Waals surface area contributed by atoms with Gasteiger partial charge in [0.2, 0.25) is 17.7 Å². The molecule has 8 heteroatoms. The van der Waals surface area contributed by atoms with Crippen LogP contribution < -0.4 is 5.32 Å². The predicted molar refractivity (Wildman–Crippen MR) is 80.3 cm³/mol. The van der Waals surface area contributed by atoms with Crippen LogP contribution in [0.3, 0.4) is 0 Å². The minimum Gasteiger partial charge on any atom is -0.423 e. The molecule has 2 aromatic rings. The molecule has 0 radical (unpaired) electrons. The van der Waals surface area contributed by atoms with Crippen LogP contribution in [-0.4, -0.2) is 44.1 Å². The second-order valence-electron chi connectivity index (χ2n) is 4.59. The first-order chi connectivity index (χ1) is 10.7. The minimum absolute atomic E-state index is 0.165. The van der Waals surface area contributed by atoms with Gasteiger partial charge in [-0.1, -0.05) is 6.92 Å². The third-order valence-electron chi connectivity index (χ3n) is 3.04. The van der Waals surface area contributed by atoms with Crippen molar-refractivity contribution in [2.45, 2.75) is 33.7 Å². The van der Waals surface area contributed by atoms with Crippen molar-refractivity contribution in [1.29, 1.82) is 0 Å². The van der Waals surface area contributed by atoms with Crippen LogP contribution in [0.1, 0.15) is 42.9 Å². The van der Waals surface area contributed by atoms with Crippen LogP contribution in [-0.2, 0) is 13.0 Å². The summed E-state index contributed by atoms with van der Waals surface area (Å²) in [4.78, 5) is 22.3. The maximum absolute atomic E-state index is 12.5. The van der Waals surface area contributed by atoms with E-state index in [1.807, 2.05) is 20.8 Å². The highest BCUT2D eigenvalue weighted by Crippen LogP contribution is 2.09. The molecule has 1 N–H and O–H groups in total. The van der Waals surface area contributed by atoms with E-state index in [-0.39, 0.29) is 12.5 Å². The quantitative estimate of drug-likeness (QED) is 0.828. The molecule has 0 saturated carbocycles. The van der Waals surface area contributed by atoms with Gasteiger partial charge in [-0.3, -0.25) is 4.79 Å². The standard InChI is InChI=1S/C14H20N6O2/c1-4-11-18-19-12(22-11)9-20(6-3)13(21)10-7-16-14(15-5-2)17-8-10/h7-8H,4-6,9H2,1-3H3,(H,15,16,17). The van der Waals surface area contributed by atoms with Gasteiger partial charge in [-0.2, -0.15) is 0 Å². The molecule has 0 saturated heterocycles. The zero-order valence-electron chi connectivity index (χ0n) is 13.0. The molecule has 2 heterocycles. The average molecular weight is 304 g/mol. The van der Waals surface area contributed by atoms with Gasteiger partial charge >= 0.3 is 0 Å². The summed E-state index contributed by atoms with van der Waals surface area (Å²) in [5.41, 5.74) is 0.429. The van der Waals surface area contributed by atoms with E-state index in [1.54, 1.807) is 4.90 Å². The molecule has 0 aliphatic rings. The number of hydrogen-bond donors (Lipinski definition) is 1. The van der Waals surface area contributed by atoms with E-state index in [1.165, 1.54) is 12.4 Å². The van der Waals surface area contributed by atoms with Gasteiger partial charge in [0.05, 0.1) is 12.1 Å². The van der Waals surface area contributed by atoms with Crippen LogP contribution in [0.4, 0.5) is 5.95 Å². The van der Waals surface area contributed by atoms with E-state index in [0.29, 0.717) is 36.3 Å². The highest BCUT2D eigenvalue weighted by Gasteiger charge is 2.18. The average Bonchev–Trinajstić information content (AvgIpc) is 3.01. The van der Waals surface area contributed by atoms with E-state index in [2.05, 4.69) is 25.5 Å². The van der Waals surface area contributed by atoms with Gasteiger partial charge in [0.1, 0.15) is 0 Å². The molecule has 118 valence electrons. The lowest BCUT2D eigenvalue weighted by molar-refractivity contribution is 0.0736. The molecule has 0 fully saturated rings. The number of aryl methyl sites for hydroxylation is 1. The smallest absolute Gasteiger partial charge is 0.257 e. The van der Waals surface area contributed by atoms with E-state index in [0.717, 1.165) is 6.54 Å². The van der Waals surface area contributed by atoms with Gasteiger partial charge in [0.15, 0.2) is 0 Å². The molecule has 8 nitrogen and oxygen atoms in total. The predicted octanol–water partition coefficient (Wildman–Crippen LogP) is 1.52. The van der Waals surface area contributed by atoms with Crippen LogP contribution in [0.2, 0.25) is 0 Å². The molecular formula is C14H20N6O2. The van der Waals surface area contributed by atoms with Gasteiger partial charge in [-0.05, 0) is 13.8 Å². The first-order valence-electron chi connectivity index (χ1n) is 7.34. The lowest BCUT2D eigenvalue weighted by Crippen LogP contribution is -2.30. The number of nitrogens with zero attached hydrogens (tertiary/aromatic N) is 5. The summed E-state index contributed by atoms with van der Waals surface area (Å²) in [7, 11) is 0. The van der Waals surface area contributed by atoms with E-state index >= 15 is 0 Å². The third kappa shape index (κ3) is 3.78. The Kier molecular flexibility index (Phi) is 5.40. The fourth-order valence-electron chi connectivity index (χ4n) is 1.86. The zero-order valence-corrected chi connectivity index (χ0v) is 13.0. The number of amides is 1. The van der Waals surface area contributed by atoms with E-state index in [4.69, 9.17) is 4.42 Å². The summed E-state index contributed by atoms with van der Waals surface area (Å²) >= 11 is 0. The number of rotatable bonds is 7. The summed E-state index contributed by atoms with van der Waals surface area (Å²) in [5, 5.41) is 10.8. The molecule has 0 spiro atoms. The SMILES string of the molecule is CCNc1ncc(C(=O)N(CC)Cc2nnc(CC)o2)cn1. The molecule has 0 atom stereocenters. The Morgan fingerprint density at radius 3 is 2.41 bits per heavy atom. The molecule has 1 amide bonds. The third-order valence-corrected chi connectivity index (χ3v) is 3.04. The Labute approximate surface area is 129 Å². The topological polar surface area (TPSA) is 97.0 Å². The van der Waals surface area contributed by atoms with E-state index < -0.39 is 0 Å². The fourth-order valence-corrected chi connectivity index (χ4v) is 1.86. The molecule has 2 aromatic heterocycles. The second kappa shape index (κ2) is 7.48. The number of anilines is 1. The number of carbonyl (C=O) groups excluding carboxylic acids is 1. The molecule has 2 rings (SSSR count). The van der Waals surface area contributed by atoms with Crippen LogP contribution in [0.25, 0.3) is 0 Å². The largest absolute Gasteiger partial charge is 0.423 e. The number of carbonyl (C=O) groups is 1. The molecule has 0 aliphatic carbocycles. The lowest BCUT2D eigenvalue weighted by atomic mass is 10.3. The van der Waals surface area contributed by atoms with Crippen LogP contribution >= 0.6 is 0 Å². The van der Waals surface area contributed by atoms with Crippen LogP contribution in [0.5, 0.6) is 0 Å². The monoisotopic (exact) mass is 304 g/mol. The lowest BCUT2D eigenvalue weighted by Gasteiger charge is -2.18. The number of hydrogen-bond acceptors (Lipinski definition) is 7. The molecular weight excluding hydrogens is 284 g/mol. The molecule has 0 aliphatic heterocycles. The summed E-state index contributed by atoms with van der Waals surface area (Å²) < 4.78 is 5.44. The summed E-state index contributed by atoms with van der Waals surface area (Å²) in [6.45, 7) is 7.31. The van der Waals surface area contributed by atoms with Crippen molar-refractivity contribution in [2.24, 2.45) is 0 Å². The first kappa shape index (κ1) is 15.9. The highest BCUT2D eigenvalue weighted by molar-refractivity contribution is 5.93. The molecule has 0 aromatic carbocycles. The number of aromatic nitrogens is 4.